The summed E-state index contributed by atoms with van der Waals surface area (Å²) in [6.45, 7) is -0.384. The molecule has 3 N–H and O–H groups in total. The second kappa shape index (κ2) is 9.47. The van der Waals surface area contributed by atoms with Gasteiger partial charge in [0.05, 0.1) is 10.6 Å². The number of hydrogen-bond acceptors (Lipinski definition) is 4. The highest BCUT2D eigenvalue weighted by molar-refractivity contribution is 7.89. The summed E-state index contributed by atoms with van der Waals surface area (Å²) in [5.41, 5.74) is -0.297. The predicted octanol–water partition coefficient (Wildman–Crippen LogP) is 3.42. The summed E-state index contributed by atoms with van der Waals surface area (Å²) in [7, 11) is -4.33. The summed E-state index contributed by atoms with van der Waals surface area (Å²) in [6.07, 6.45) is -2.98. The minimum Gasteiger partial charge on any atom is -0.351 e. The van der Waals surface area contributed by atoms with Crippen molar-refractivity contribution in [1.82, 2.24) is 10.0 Å². The van der Waals surface area contributed by atoms with E-state index < -0.39 is 32.6 Å². The zero-order valence-electron chi connectivity index (χ0n) is 16.5. The van der Waals surface area contributed by atoms with Gasteiger partial charge in [0.1, 0.15) is 4.90 Å². The second-order valence-corrected chi connectivity index (χ2v) is 9.28. The molecule has 1 fully saturated rings. The highest BCUT2D eigenvalue weighted by Crippen LogP contribution is 2.33. The number of amides is 2. The Morgan fingerprint density at radius 2 is 1.69 bits per heavy atom. The van der Waals surface area contributed by atoms with E-state index in [1.165, 1.54) is 12.1 Å². The Bertz CT molecular complexity index is 1120. The quantitative estimate of drug-likeness (QED) is 0.494. The molecule has 0 heterocycles. The van der Waals surface area contributed by atoms with Crippen molar-refractivity contribution < 1.29 is 31.2 Å². The Balaban J connectivity index is 1.52. The van der Waals surface area contributed by atoms with Crippen LogP contribution in [0.1, 0.15) is 28.8 Å². The third-order valence-electron chi connectivity index (χ3n) is 4.61. The van der Waals surface area contributed by atoms with Crippen LogP contribution in [0.2, 0.25) is 5.02 Å². The van der Waals surface area contributed by atoms with Gasteiger partial charge in [-0.1, -0.05) is 11.6 Å². The fourth-order valence-electron chi connectivity index (χ4n) is 2.72. The molecule has 0 bridgehead atoms. The Morgan fingerprint density at radius 1 is 1.03 bits per heavy atom. The van der Waals surface area contributed by atoms with Crippen LogP contribution in [-0.2, 0) is 21.0 Å². The molecule has 32 heavy (non-hydrogen) atoms. The van der Waals surface area contributed by atoms with Crippen LogP contribution < -0.4 is 15.4 Å². The SMILES string of the molecule is O=C(NCCNS(=O)(=O)c1cc(C(F)(F)F)ccc1Cl)c1ccc(NC(=O)C2CC2)cc1. The van der Waals surface area contributed by atoms with Gasteiger partial charge < -0.3 is 10.6 Å². The summed E-state index contributed by atoms with van der Waals surface area (Å²) in [5, 5.41) is 4.88. The molecule has 3 rings (SSSR count). The number of alkyl halides is 3. The first-order valence-corrected chi connectivity index (χ1v) is 11.4. The molecule has 1 aliphatic rings. The van der Waals surface area contributed by atoms with Crippen molar-refractivity contribution >= 4 is 39.1 Å². The largest absolute Gasteiger partial charge is 0.416 e. The molecule has 0 aromatic heterocycles. The molecule has 0 atom stereocenters. The van der Waals surface area contributed by atoms with Crippen LogP contribution in [0.25, 0.3) is 0 Å². The van der Waals surface area contributed by atoms with Gasteiger partial charge >= 0.3 is 6.18 Å². The number of rotatable bonds is 8. The van der Waals surface area contributed by atoms with E-state index in [2.05, 4.69) is 15.4 Å². The van der Waals surface area contributed by atoms with E-state index in [0.29, 0.717) is 23.4 Å². The molecule has 0 aliphatic heterocycles. The maximum atomic E-state index is 12.8. The van der Waals surface area contributed by atoms with E-state index in [0.717, 1.165) is 18.9 Å². The minimum absolute atomic E-state index is 0.0487. The van der Waals surface area contributed by atoms with Gasteiger partial charge in [0.25, 0.3) is 5.91 Å². The lowest BCUT2D eigenvalue weighted by Gasteiger charge is -2.12. The molecule has 7 nitrogen and oxygen atoms in total. The molecule has 2 aromatic rings. The molecule has 0 radical (unpaired) electrons. The van der Waals surface area contributed by atoms with E-state index in [4.69, 9.17) is 11.6 Å². The number of nitrogens with one attached hydrogen (secondary N) is 3. The average Bonchev–Trinajstić information content (AvgIpc) is 3.56. The smallest absolute Gasteiger partial charge is 0.351 e. The van der Waals surface area contributed by atoms with Crippen LogP contribution in [0.4, 0.5) is 18.9 Å². The first kappa shape index (κ1) is 24.0. The Hall–Kier alpha value is -2.63. The van der Waals surface area contributed by atoms with Crippen LogP contribution >= 0.6 is 11.6 Å². The number of carbonyl (C=O) groups is 2. The highest BCUT2D eigenvalue weighted by atomic mass is 35.5. The maximum Gasteiger partial charge on any atom is 0.416 e. The van der Waals surface area contributed by atoms with E-state index in [-0.39, 0.29) is 29.9 Å². The molecule has 12 heteroatoms. The van der Waals surface area contributed by atoms with Crippen LogP contribution in [0.15, 0.2) is 47.4 Å². The number of sulfonamides is 1. The van der Waals surface area contributed by atoms with Gasteiger partial charge in [-0.15, -0.1) is 0 Å². The molecule has 2 aromatic carbocycles. The number of hydrogen-bond donors (Lipinski definition) is 3. The van der Waals surface area contributed by atoms with Crippen molar-refractivity contribution in [3.8, 4) is 0 Å². The lowest BCUT2D eigenvalue weighted by Crippen LogP contribution is -2.34. The lowest BCUT2D eigenvalue weighted by atomic mass is 10.2. The van der Waals surface area contributed by atoms with E-state index in [1.807, 2.05) is 0 Å². The van der Waals surface area contributed by atoms with Gasteiger partial charge in [-0.2, -0.15) is 13.2 Å². The van der Waals surface area contributed by atoms with E-state index >= 15 is 0 Å². The summed E-state index contributed by atoms with van der Waals surface area (Å²) in [5.74, 6) is -0.496. The normalized spacial score (nSPS) is 14.1. The van der Waals surface area contributed by atoms with Crippen molar-refractivity contribution in [1.29, 1.82) is 0 Å². The van der Waals surface area contributed by atoms with Crippen molar-refractivity contribution in [2.45, 2.75) is 23.9 Å². The zero-order chi connectivity index (χ0) is 23.5. The molecule has 0 unspecified atom stereocenters. The van der Waals surface area contributed by atoms with E-state index in [1.54, 1.807) is 12.1 Å². The maximum absolute atomic E-state index is 12.8. The molecule has 0 saturated heterocycles. The van der Waals surface area contributed by atoms with Crippen LogP contribution in [-0.4, -0.2) is 33.3 Å². The van der Waals surface area contributed by atoms with E-state index in [9.17, 15) is 31.2 Å². The molecular weight excluding hydrogens is 471 g/mol. The lowest BCUT2D eigenvalue weighted by molar-refractivity contribution is -0.137. The Morgan fingerprint density at radius 3 is 2.28 bits per heavy atom. The first-order chi connectivity index (χ1) is 15.0. The van der Waals surface area contributed by atoms with Crippen molar-refractivity contribution in [2.75, 3.05) is 18.4 Å². The van der Waals surface area contributed by atoms with Gasteiger partial charge in [0.2, 0.25) is 15.9 Å². The predicted molar refractivity (Wildman–Crippen MR) is 112 cm³/mol. The second-order valence-electron chi connectivity index (χ2n) is 7.14. The molecule has 0 spiro atoms. The van der Waals surface area contributed by atoms with Crippen molar-refractivity contribution in [2.24, 2.45) is 5.92 Å². The summed E-state index contributed by atoms with van der Waals surface area (Å²) in [4.78, 5) is 23.2. The van der Waals surface area contributed by atoms with Crippen molar-refractivity contribution in [3.63, 3.8) is 0 Å². The van der Waals surface area contributed by atoms with Crippen LogP contribution in [0.5, 0.6) is 0 Å². The Kier molecular flexibility index (Phi) is 7.11. The van der Waals surface area contributed by atoms with Crippen LogP contribution in [0.3, 0.4) is 0 Å². The highest BCUT2D eigenvalue weighted by Gasteiger charge is 2.32. The third kappa shape index (κ3) is 6.21. The van der Waals surface area contributed by atoms with Crippen molar-refractivity contribution in [3.05, 3.63) is 58.6 Å². The van der Waals surface area contributed by atoms with Gasteiger partial charge in [0, 0.05) is 30.3 Å². The fraction of sp³-hybridized carbons (Fsp3) is 0.300. The zero-order valence-corrected chi connectivity index (χ0v) is 18.1. The summed E-state index contributed by atoms with van der Waals surface area (Å²) < 4.78 is 65.3. The summed E-state index contributed by atoms with van der Waals surface area (Å²) in [6, 6.07) is 8.16. The monoisotopic (exact) mass is 489 g/mol. The number of anilines is 1. The minimum atomic E-state index is -4.72. The fourth-order valence-corrected chi connectivity index (χ4v) is 4.28. The third-order valence-corrected chi connectivity index (χ3v) is 6.56. The average molecular weight is 490 g/mol. The summed E-state index contributed by atoms with van der Waals surface area (Å²) >= 11 is 5.76. The first-order valence-electron chi connectivity index (χ1n) is 9.53. The standard InChI is InChI=1S/C20H19ClF3N3O4S/c21-16-8-5-14(20(22,23)24)11-17(16)32(30,31)26-10-9-25-18(28)12-3-6-15(7-4-12)27-19(29)13-1-2-13/h3-8,11,13,26H,1-2,9-10H2,(H,25,28)(H,27,29). The number of benzene rings is 2. The molecule has 172 valence electrons. The molecular formula is C20H19ClF3N3O4S. The molecule has 1 saturated carbocycles. The van der Waals surface area contributed by atoms with Gasteiger partial charge in [-0.3, -0.25) is 9.59 Å². The topological polar surface area (TPSA) is 104 Å². The Labute approximate surface area is 187 Å². The number of halogens is 4. The number of carbonyl (C=O) groups excluding carboxylic acids is 2. The van der Waals surface area contributed by atoms with Gasteiger partial charge in [0.15, 0.2) is 0 Å². The molecule has 2 amide bonds. The van der Waals surface area contributed by atoms with Gasteiger partial charge in [-0.25, -0.2) is 13.1 Å². The van der Waals surface area contributed by atoms with Crippen LogP contribution in [0, 0.1) is 5.92 Å². The van der Waals surface area contributed by atoms with Gasteiger partial charge in [-0.05, 0) is 55.3 Å². The molecule has 1 aliphatic carbocycles.